The van der Waals surface area contributed by atoms with Gasteiger partial charge in [0.1, 0.15) is 11.6 Å². The lowest BCUT2D eigenvalue weighted by molar-refractivity contribution is 0.278. The fourth-order valence-electron chi connectivity index (χ4n) is 4.35. The van der Waals surface area contributed by atoms with Crippen molar-refractivity contribution < 1.29 is 5.11 Å². The molecule has 0 saturated heterocycles. The zero-order chi connectivity index (χ0) is 22.2. The molecule has 2 N–H and O–H groups in total. The summed E-state index contributed by atoms with van der Waals surface area (Å²) in [6.45, 7) is 0.572. The maximum absolute atomic E-state index is 9.61. The first-order valence-corrected chi connectivity index (χ1v) is 11.0. The monoisotopic (exact) mass is 430 g/mol. The third-order valence-corrected chi connectivity index (χ3v) is 5.98. The van der Waals surface area contributed by atoms with Crippen LogP contribution in [0.2, 0.25) is 0 Å². The molecule has 6 rings (SSSR count). The maximum atomic E-state index is 9.61. The van der Waals surface area contributed by atoms with Gasteiger partial charge in [0.25, 0.3) is 0 Å². The number of imidazole rings is 2. The van der Waals surface area contributed by atoms with Crippen molar-refractivity contribution in [3.05, 3.63) is 97.1 Å². The molecule has 0 aliphatic rings. The number of H-pyrrole nitrogens is 1. The first-order valence-electron chi connectivity index (χ1n) is 11.0. The van der Waals surface area contributed by atoms with E-state index < -0.39 is 0 Å². The Morgan fingerprint density at radius 2 is 1.39 bits per heavy atom. The average Bonchev–Trinajstić information content (AvgIpc) is 3.46. The molecule has 0 radical (unpaired) electrons. The summed E-state index contributed by atoms with van der Waals surface area (Å²) in [7, 11) is 0. The fraction of sp³-hybridized carbons (Fsp3) is 0.0714. The Morgan fingerprint density at radius 1 is 0.667 bits per heavy atom. The van der Waals surface area contributed by atoms with Gasteiger partial charge in [0.2, 0.25) is 0 Å². The van der Waals surface area contributed by atoms with E-state index in [0.29, 0.717) is 6.54 Å². The van der Waals surface area contributed by atoms with E-state index in [0.717, 1.165) is 56.0 Å². The minimum atomic E-state index is 0.0658. The Bertz CT molecular complexity index is 1530. The van der Waals surface area contributed by atoms with E-state index in [9.17, 15) is 5.11 Å². The molecule has 0 fully saturated rings. The molecule has 160 valence electrons. The number of hydrogen-bond donors (Lipinski definition) is 2. The summed E-state index contributed by atoms with van der Waals surface area (Å²) in [5.41, 5.74) is 8.26. The van der Waals surface area contributed by atoms with Crippen molar-refractivity contribution in [3.8, 4) is 33.9 Å². The molecule has 0 bridgehead atoms. The minimum absolute atomic E-state index is 0.0658. The molecule has 0 aliphatic heterocycles. The molecule has 0 spiro atoms. The van der Waals surface area contributed by atoms with E-state index in [-0.39, 0.29) is 6.61 Å². The van der Waals surface area contributed by atoms with E-state index in [4.69, 9.17) is 9.97 Å². The van der Waals surface area contributed by atoms with Crippen LogP contribution in [0.5, 0.6) is 0 Å². The predicted molar refractivity (Wildman–Crippen MR) is 133 cm³/mol. The van der Waals surface area contributed by atoms with Crippen molar-refractivity contribution in [2.45, 2.75) is 6.54 Å². The lowest BCUT2D eigenvalue weighted by atomic mass is 10.0. The molecule has 5 heteroatoms. The highest BCUT2D eigenvalue weighted by molar-refractivity contribution is 5.86. The summed E-state index contributed by atoms with van der Waals surface area (Å²) in [4.78, 5) is 13.0. The van der Waals surface area contributed by atoms with Crippen molar-refractivity contribution in [2.24, 2.45) is 0 Å². The Morgan fingerprint density at radius 3 is 2.18 bits per heavy atom. The SMILES string of the molecule is OCCn1c(-c2ccccc2)nc2cc(-c3ccc(-c4nc5ccccc5[nH]4)cc3)ccc21. The van der Waals surface area contributed by atoms with Crippen molar-refractivity contribution in [1.82, 2.24) is 19.5 Å². The van der Waals surface area contributed by atoms with Crippen LogP contribution in [-0.4, -0.2) is 31.2 Å². The maximum Gasteiger partial charge on any atom is 0.141 e. The number of aliphatic hydroxyl groups excluding tert-OH is 1. The zero-order valence-corrected chi connectivity index (χ0v) is 17.9. The molecule has 0 atom stereocenters. The fourth-order valence-corrected chi connectivity index (χ4v) is 4.35. The quantitative estimate of drug-likeness (QED) is 0.357. The van der Waals surface area contributed by atoms with Crippen LogP contribution in [0, 0.1) is 0 Å². The molecule has 33 heavy (non-hydrogen) atoms. The lowest BCUT2D eigenvalue weighted by Crippen LogP contribution is -2.04. The summed E-state index contributed by atoms with van der Waals surface area (Å²) in [6, 6.07) is 32.9. The van der Waals surface area contributed by atoms with Crippen molar-refractivity contribution in [3.63, 3.8) is 0 Å². The number of nitrogens with zero attached hydrogens (tertiary/aromatic N) is 3. The third-order valence-electron chi connectivity index (χ3n) is 5.98. The molecule has 2 heterocycles. The first kappa shape index (κ1) is 19.5. The number of benzene rings is 4. The van der Waals surface area contributed by atoms with Crippen molar-refractivity contribution in [1.29, 1.82) is 0 Å². The summed E-state index contributed by atoms with van der Waals surface area (Å²) in [5, 5.41) is 9.61. The highest BCUT2D eigenvalue weighted by Crippen LogP contribution is 2.30. The van der Waals surface area contributed by atoms with Crippen molar-refractivity contribution in [2.75, 3.05) is 6.61 Å². The molecular formula is C28H22N4O. The summed E-state index contributed by atoms with van der Waals surface area (Å²) in [6.07, 6.45) is 0. The van der Waals surface area contributed by atoms with Crippen LogP contribution in [0.3, 0.4) is 0 Å². The number of aromatic nitrogens is 4. The van der Waals surface area contributed by atoms with E-state index in [1.54, 1.807) is 0 Å². The van der Waals surface area contributed by atoms with Crippen LogP contribution in [-0.2, 0) is 6.54 Å². The number of rotatable bonds is 5. The normalized spacial score (nSPS) is 11.4. The van der Waals surface area contributed by atoms with Gasteiger partial charge in [-0.15, -0.1) is 0 Å². The summed E-state index contributed by atoms with van der Waals surface area (Å²) < 4.78 is 2.08. The van der Waals surface area contributed by atoms with Crippen LogP contribution in [0.4, 0.5) is 0 Å². The summed E-state index contributed by atoms with van der Waals surface area (Å²) in [5.74, 6) is 1.74. The zero-order valence-electron chi connectivity index (χ0n) is 17.9. The predicted octanol–water partition coefficient (Wildman–Crippen LogP) is 5.91. The van der Waals surface area contributed by atoms with Gasteiger partial charge in [-0.25, -0.2) is 9.97 Å². The van der Waals surface area contributed by atoms with E-state index >= 15 is 0 Å². The number of fused-ring (bicyclic) bond motifs is 2. The van der Waals surface area contributed by atoms with Gasteiger partial charge in [-0.2, -0.15) is 0 Å². The third kappa shape index (κ3) is 3.49. The second kappa shape index (κ2) is 8.04. The van der Waals surface area contributed by atoms with Gasteiger partial charge >= 0.3 is 0 Å². The Kier molecular flexibility index (Phi) is 4.74. The Labute approximate surface area is 191 Å². The van der Waals surface area contributed by atoms with E-state index in [2.05, 4.69) is 52.0 Å². The molecule has 0 saturated carbocycles. The van der Waals surface area contributed by atoms with Gasteiger partial charge in [-0.05, 0) is 35.4 Å². The number of aliphatic hydroxyl groups is 1. The molecule has 0 aliphatic carbocycles. The number of para-hydroxylation sites is 2. The van der Waals surface area contributed by atoms with Crippen LogP contribution >= 0.6 is 0 Å². The van der Waals surface area contributed by atoms with Crippen molar-refractivity contribution >= 4 is 22.1 Å². The van der Waals surface area contributed by atoms with Gasteiger partial charge in [-0.1, -0.05) is 72.8 Å². The summed E-state index contributed by atoms with van der Waals surface area (Å²) >= 11 is 0. The van der Waals surface area contributed by atoms with Crippen LogP contribution in [0.25, 0.3) is 56.0 Å². The Balaban J connectivity index is 1.37. The smallest absolute Gasteiger partial charge is 0.141 e. The van der Waals surface area contributed by atoms with Gasteiger partial charge in [0.15, 0.2) is 0 Å². The highest BCUT2D eigenvalue weighted by atomic mass is 16.3. The van der Waals surface area contributed by atoms with Gasteiger partial charge < -0.3 is 14.7 Å². The highest BCUT2D eigenvalue weighted by Gasteiger charge is 2.13. The molecule has 5 nitrogen and oxygen atoms in total. The molecule has 2 aromatic heterocycles. The van der Waals surface area contributed by atoms with Crippen LogP contribution < -0.4 is 0 Å². The number of nitrogens with one attached hydrogen (secondary N) is 1. The van der Waals surface area contributed by atoms with Crippen LogP contribution in [0.1, 0.15) is 0 Å². The lowest BCUT2D eigenvalue weighted by Gasteiger charge is -2.08. The topological polar surface area (TPSA) is 66.7 Å². The molecule has 4 aromatic carbocycles. The molecule has 0 unspecified atom stereocenters. The second-order valence-electron chi connectivity index (χ2n) is 8.06. The van der Waals surface area contributed by atoms with Gasteiger partial charge in [0, 0.05) is 17.7 Å². The first-order chi connectivity index (χ1) is 16.3. The Hall–Kier alpha value is -4.22. The van der Waals surface area contributed by atoms with Crippen LogP contribution in [0.15, 0.2) is 97.1 Å². The van der Waals surface area contributed by atoms with E-state index in [1.807, 2.05) is 54.6 Å². The second-order valence-corrected chi connectivity index (χ2v) is 8.06. The average molecular weight is 431 g/mol. The number of hydrogen-bond acceptors (Lipinski definition) is 3. The molecule has 0 amide bonds. The van der Waals surface area contributed by atoms with E-state index in [1.165, 1.54) is 0 Å². The number of aromatic amines is 1. The molecule has 6 aromatic rings. The largest absolute Gasteiger partial charge is 0.395 e. The molecular weight excluding hydrogens is 408 g/mol. The standard InChI is InChI=1S/C28H22N4O/c33-17-16-32-26-15-14-22(18-25(26)31-28(32)21-6-2-1-3-7-21)19-10-12-20(13-11-19)27-29-23-8-4-5-9-24(23)30-27/h1-15,18,33H,16-17H2,(H,29,30). The van der Waals surface area contributed by atoms with Gasteiger partial charge in [-0.3, -0.25) is 0 Å². The minimum Gasteiger partial charge on any atom is -0.395 e. The van der Waals surface area contributed by atoms with Gasteiger partial charge in [0.05, 0.1) is 28.7 Å².